The van der Waals surface area contributed by atoms with Crippen LogP contribution in [0.1, 0.15) is 26.3 Å². The van der Waals surface area contributed by atoms with Crippen molar-refractivity contribution < 1.29 is 9.53 Å². The summed E-state index contributed by atoms with van der Waals surface area (Å²) in [5.41, 5.74) is 1.91. The van der Waals surface area contributed by atoms with Crippen molar-refractivity contribution in [1.82, 2.24) is 0 Å². The lowest BCUT2D eigenvalue weighted by atomic mass is 10.2. The first kappa shape index (κ1) is 12.0. The van der Waals surface area contributed by atoms with Gasteiger partial charge in [-0.2, -0.15) is 0 Å². The van der Waals surface area contributed by atoms with E-state index in [1.807, 2.05) is 37.8 Å². The maximum Gasteiger partial charge on any atom is 0.331 e. The van der Waals surface area contributed by atoms with Gasteiger partial charge in [0, 0.05) is 5.69 Å². The molecule has 3 heteroatoms. The molecule has 1 aliphatic heterocycles. The second-order valence-corrected chi connectivity index (χ2v) is 5.54. The molecule has 0 spiro atoms. The molecule has 92 valence electrons. The molecular formula is C14H19NO2. The summed E-state index contributed by atoms with van der Waals surface area (Å²) in [4.78, 5) is 13.9. The predicted molar refractivity (Wildman–Crippen MR) is 68.2 cm³/mol. The van der Waals surface area contributed by atoms with Gasteiger partial charge in [0.25, 0.3) is 0 Å². The smallest absolute Gasteiger partial charge is 0.331 e. The molecule has 1 atom stereocenters. The van der Waals surface area contributed by atoms with Gasteiger partial charge in [0.05, 0.1) is 6.54 Å². The Balaban J connectivity index is 1.96. The van der Waals surface area contributed by atoms with Crippen LogP contribution in [0.4, 0.5) is 5.69 Å². The predicted octanol–water partition coefficient (Wildman–Crippen LogP) is 2.53. The van der Waals surface area contributed by atoms with Crippen LogP contribution in [-0.4, -0.2) is 24.2 Å². The number of benzene rings is 1. The molecule has 0 unspecified atom stereocenters. The van der Waals surface area contributed by atoms with Crippen LogP contribution in [0.15, 0.2) is 24.3 Å². The summed E-state index contributed by atoms with van der Waals surface area (Å²) in [6.45, 7) is 8.49. The Morgan fingerprint density at radius 3 is 2.41 bits per heavy atom. The van der Waals surface area contributed by atoms with E-state index in [0.29, 0.717) is 0 Å². The van der Waals surface area contributed by atoms with Gasteiger partial charge in [-0.15, -0.1) is 0 Å². The molecule has 0 saturated carbocycles. The summed E-state index contributed by atoms with van der Waals surface area (Å²) >= 11 is 0. The quantitative estimate of drug-likeness (QED) is 0.580. The zero-order valence-corrected chi connectivity index (χ0v) is 10.9. The summed E-state index contributed by atoms with van der Waals surface area (Å²) in [6.07, 6.45) is 0. The van der Waals surface area contributed by atoms with Crippen molar-refractivity contribution in [3.63, 3.8) is 0 Å². The number of rotatable bonds is 2. The van der Waals surface area contributed by atoms with Crippen LogP contribution in [0.5, 0.6) is 0 Å². The molecule has 17 heavy (non-hydrogen) atoms. The van der Waals surface area contributed by atoms with E-state index in [9.17, 15) is 4.79 Å². The monoisotopic (exact) mass is 233 g/mol. The van der Waals surface area contributed by atoms with Gasteiger partial charge >= 0.3 is 5.97 Å². The largest absolute Gasteiger partial charge is 0.458 e. The normalized spacial score (nSPS) is 19.1. The highest BCUT2D eigenvalue weighted by Crippen LogP contribution is 2.29. The standard InChI is InChI=1S/C14H19NO2/c1-10-5-7-11(8-6-10)15-9-12(15)13(16)17-14(2,3)4/h5-8,12H,9H2,1-4H3/t12-,15?/m1/s1. The van der Waals surface area contributed by atoms with Crippen molar-refractivity contribution in [3.8, 4) is 0 Å². The van der Waals surface area contributed by atoms with Gasteiger partial charge in [-0.25, -0.2) is 4.79 Å². The molecule has 0 N–H and O–H groups in total. The number of esters is 1. The molecule has 0 aliphatic carbocycles. The maximum atomic E-state index is 11.8. The van der Waals surface area contributed by atoms with Crippen LogP contribution < -0.4 is 4.90 Å². The third-order valence-electron chi connectivity index (χ3n) is 2.66. The topological polar surface area (TPSA) is 29.3 Å². The minimum absolute atomic E-state index is 0.100. The van der Waals surface area contributed by atoms with Crippen molar-refractivity contribution >= 4 is 11.7 Å². The number of ether oxygens (including phenoxy) is 1. The zero-order chi connectivity index (χ0) is 12.6. The Kier molecular flexibility index (Phi) is 2.86. The SMILES string of the molecule is Cc1ccc(N2C[C@@H]2C(=O)OC(C)(C)C)cc1. The molecule has 2 rings (SSSR count). The van der Waals surface area contributed by atoms with Crippen LogP contribution in [0, 0.1) is 6.92 Å². The average Bonchev–Trinajstić information content (AvgIpc) is 2.96. The molecule has 1 aromatic rings. The van der Waals surface area contributed by atoms with Gasteiger partial charge in [-0.05, 0) is 39.8 Å². The number of carbonyl (C=O) groups is 1. The van der Waals surface area contributed by atoms with Crippen LogP contribution in [0.2, 0.25) is 0 Å². The molecule has 1 aliphatic rings. The number of hydrogen-bond donors (Lipinski definition) is 0. The molecule has 0 bridgehead atoms. The first-order valence-corrected chi connectivity index (χ1v) is 5.93. The van der Waals surface area contributed by atoms with Gasteiger partial charge in [0.15, 0.2) is 0 Å². The number of nitrogens with zero attached hydrogens (tertiary/aromatic N) is 1. The van der Waals surface area contributed by atoms with Gasteiger partial charge < -0.3 is 9.64 Å². The highest BCUT2D eigenvalue weighted by molar-refractivity contribution is 5.86. The van der Waals surface area contributed by atoms with Crippen molar-refractivity contribution in [2.24, 2.45) is 0 Å². The van der Waals surface area contributed by atoms with E-state index in [-0.39, 0.29) is 12.0 Å². The Labute approximate surface area is 102 Å². The van der Waals surface area contributed by atoms with Crippen molar-refractivity contribution in [2.75, 3.05) is 11.4 Å². The van der Waals surface area contributed by atoms with Crippen LogP contribution in [-0.2, 0) is 9.53 Å². The van der Waals surface area contributed by atoms with Gasteiger partial charge in [-0.1, -0.05) is 17.7 Å². The fourth-order valence-corrected chi connectivity index (χ4v) is 1.73. The molecule has 1 fully saturated rings. The summed E-state index contributed by atoms with van der Waals surface area (Å²) in [7, 11) is 0. The van der Waals surface area contributed by atoms with Gasteiger partial charge in [0.2, 0.25) is 0 Å². The summed E-state index contributed by atoms with van der Waals surface area (Å²) in [5, 5.41) is 0. The average molecular weight is 233 g/mol. The van der Waals surface area contributed by atoms with Gasteiger partial charge in [-0.3, -0.25) is 0 Å². The minimum atomic E-state index is -0.404. The Morgan fingerprint density at radius 1 is 1.29 bits per heavy atom. The number of aryl methyl sites for hydroxylation is 1. The molecule has 0 amide bonds. The van der Waals surface area contributed by atoms with E-state index in [2.05, 4.69) is 19.1 Å². The molecule has 1 aromatic carbocycles. The fourth-order valence-electron chi connectivity index (χ4n) is 1.73. The summed E-state index contributed by atoms with van der Waals surface area (Å²) in [6, 6.07) is 8.09. The lowest BCUT2D eigenvalue weighted by Crippen LogP contribution is -2.28. The van der Waals surface area contributed by atoms with E-state index in [1.165, 1.54) is 5.56 Å². The van der Waals surface area contributed by atoms with Gasteiger partial charge in [0.1, 0.15) is 11.6 Å². The number of hydrogen-bond acceptors (Lipinski definition) is 3. The third kappa shape index (κ3) is 2.99. The first-order chi connectivity index (χ1) is 7.87. The Bertz CT molecular complexity index is 417. The van der Waals surface area contributed by atoms with Crippen LogP contribution in [0.25, 0.3) is 0 Å². The summed E-state index contributed by atoms with van der Waals surface area (Å²) < 4.78 is 5.36. The van der Waals surface area contributed by atoms with Crippen molar-refractivity contribution in [2.45, 2.75) is 39.3 Å². The van der Waals surface area contributed by atoms with E-state index in [1.54, 1.807) is 0 Å². The second-order valence-electron chi connectivity index (χ2n) is 5.54. The van der Waals surface area contributed by atoms with E-state index >= 15 is 0 Å². The Morgan fingerprint density at radius 2 is 1.88 bits per heavy atom. The number of carbonyl (C=O) groups excluding carboxylic acids is 1. The fraction of sp³-hybridized carbons (Fsp3) is 0.500. The maximum absolute atomic E-state index is 11.8. The lowest BCUT2D eigenvalue weighted by Gasteiger charge is -2.19. The molecule has 0 aromatic heterocycles. The molecule has 1 saturated heterocycles. The highest BCUT2D eigenvalue weighted by atomic mass is 16.6. The van der Waals surface area contributed by atoms with E-state index < -0.39 is 5.60 Å². The lowest BCUT2D eigenvalue weighted by molar-refractivity contribution is -0.153. The van der Waals surface area contributed by atoms with Crippen molar-refractivity contribution in [1.29, 1.82) is 0 Å². The van der Waals surface area contributed by atoms with E-state index in [0.717, 1.165) is 12.2 Å². The highest BCUT2D eigenvalue weighted by Gasteiger charge is 2.43. The molecule has 0 radical (unpaired) electrons. The molecule has 3 nitrogen and oxygen atoms in total. The second kappa shape index (κ2) is 4.06. The Hall–Kier alpha value is -1.51. The van der Waals surface area contributed by atoms with E-state index in [4.69, 9.17) is 4.74 Å². The van der Waals surface area contributed by atoms with Crippen LogP contribution in [0.3, 0.4) is 0 Å². The zero-order valence-electron chi connectivity index (χ0n) is 10.9. The molecule has 1 heterocycles. The summed E-state index contributed by atoms with van der Waals surface area (Å²) in [5.74, 6) is -0.127. The van der Waals surface area contributed by atoms with Crippen LogP contribution >= 0.6 is 0 Å². The minimum Gasteiger partial charge on any atom is -0.458 e. The van der Waals surface area contributed by atoms with Crippen molar-refractivity contribution in [3.05, 3.63) is 29.8 Å². The third-order valence-corrected chi connectivity index (χ3v) is 2.66. The molecular weight excluding hydrogens is 214 g/mol. The first-order valence-electron chi connectivity index (χ1n) is 5.93. The number of anilines is 1.